The van der Waals surface area contributed by atoms with Crippen LogP contribution in [-0.4, -0.2) is 83.3 Å². The number of aliphatic carboxylic acids is 1. The Hall–Kier alpha value is -2.12. The third-order valence-electron chi connectivity index (χ3n) is 5.98. The number of piperidine rings is 1. The smallest absolute Gasteiger partial charge is 0.309 e. The molecule has 0 aliphatic carbocycles. The van der Waals surface area contributed by atoms with Gasteiger partial charge < -0.3 is 20.0 Å². The van der Waals surface area contributed by atoms with Gasteiger partial charge in [0.25, 0.3) is 0 Å². The fourth-order valence-corrected chi connectivity index (χ4v) is 4.25. The lowest BCUT2D eigenvalue weighted by atomic mass is 9.90. The molecule has 1 aromatic carbocycles. The molecule has 2 fully saturated rings. The summed E-state index contributed by atoms with van der Waals surface area (Å²) in [6.45, 7) is 7.24. The van der Waals surface area contributed by atoms with Gasteiger partial charge in [-0.1, -0.05) is 12.1 Å². The lowest BCUT2D eigenvalue weighted by molar-refractivity contribution is -0.143. The third kappa shape index (κ3) is 5.02. The van der Waals surface area contributed by atoms with Gasteiger partial charge in [0.15, 0.2) is 0 Å². The quantitative estimate of drug-likeness (QED) is 0.805. The highest BCUT2D eigenvalue weighted by atomic mass is 16.4. The average Bonchev–Trinajstić information content (AvgIpc) is 2.85. The van der Waals surface area contributed by atoms with Gasteiger partial charge in [0, 0.05) is 58.4 Å². The number of amides is 1. The van der Waals surface area contributed by atoms with Crippen molar-refractivity contribution < 1.29 is 19.8 Å². The molecule has 2 saturated heterocycles. The van der Waals surface area contributed by atoms with Gasteiger partial charge in [0.05, 0.1) is 11.5 Å². The molecule has 2 aliphatic heterocycles. The van der Waals surface area contributed by atoms with Gasteiger partial charge in [0.1, 0.15) is 0 Å². The highest BCUT2D eigenvalue weighted by Crippen LogP contribution is 2.28. The summed E-state index contributed by atoms with van der Waals surface area (Å²) in [6, 6.07) is 8.38. The molecule has 0 aromatic heterocycles. The van der Waals surface area contributed by atoms with Crippen LogP contribution in [0, 0.1) is 12.8 Å². The second kappa shape index (κ2) is 8.49. The maximum atomic E-state index is 11.7. The number of hydrogen-bond acceptors (Lipinski definition) is 5. The molecular weight excluding hydrogens is 358 g/mol. The summed E-state index contributed by atoms with van der Waals surface area (Å²) in [7, 11) is 0. The number of benzene rings is 1. The van der Waals surface area contributed by atoms with Gasteiger partial charge in [0.2, 0.25) is 5.91 Å². The Bertz CT molecular complexity index is 715. The Morgan fingerprint density at radius 2 is 1.86 bits per heavy atom. The molecule has 28 heavy (non-hydrogen) atoms. The van der Waals surface area contributed by atoms with Gasteiger partial charge >= 0.3 is 5.97 Å². The fraction of sp³-hybridized carbons (Fsp3) is 0.619. The number of carboxylic acids is 1. The molecule has 0 spiro atoms. The summed E-state index contributed by atoms with van der Waals surface area (Å²) in [5, 5.41) is 20.6. The topological polar surface area (TPSA) is 84.3 Å². The van der Waals surface area contributed by atoms with Crippen molar-refractivity contribution in [2.24, 2.45) is 5.92 Å². The summed E-state index contributed by atoms with van der Waals surface area (Å²) in [6.07, 6.45) is 1.29. The zero-order valence-electron chi connectivity index (χ0n) is 16.8. The first kappa shape index (κ1) is 20.6. The number of carbonyl (C=O) groups is 2. The van der Waals surface area contributed by atoms with Crippen LogP contribution in [0.4, 0.5) is 5.69 Å². The first-order valence-electron chi connectivity index (χ1n) is 10.0. The van der Waals surface area contributed by atoms with Crippen LogP contribution in [0.25, 0.3) is 0 Å². The standard InChI is InChI=1S/C21H31N3O4/c1-16-4-3-5-19(12-16)23-8-6-21(28,7-9-23)15-22-10-11-24(17(2)25)14-18(13-22)20(26)27/h3-5,12,18,28H,6-11,13-15H2,1-2H3,(H,26,27). The number of β-amino-alcohol motifs (C(OH)–C–C–N with tert-alkyl or cyclic N) is 1. The van der Waals surface area contributed by atoms with Crippen LogP contribution in [0.5, 0.6) is 0 Å². The SMILES string of the molecule is CC(=O)N1CCN(CC2(O)CCN(c3cccc(C)c3)CC2)CC(C(=O)O)C1. The van der Waals surface area contributed by atoms with Crippen LogP contribution >= 0.6 is 0 Å². The number of anilines is 1. The van der Waals surface area contributed by atoms with Crippen molar-refractivity contribution in [1.82, 2.24) is 9.80 Å². The van der Waals surface area contributed by atoms with E-state index in [1.807, 2.05) is 4.90 Å². The van der Waals surface area contributed by atoms with Crippen LogP contribution in [-0.2, 0) is 9.59 Å². The molecule has 0 radical (unpaired) electrons. The number of aryl methyl sites for hydroxylation is 1. The van der Waals surface area contributed by atoms with Crippen molar-refractivity contribution in [2.45, 2.75) is 32.3 Å². The molecule has 2 N–H and O–H groups in total. The van der Waals surface area contributed by atoms with Gasteiger partial charge in [-0.3, -0.25) is 14.5 Å². The van der Waals surface area contributed by atoms with Crippen LogP contribution in [0.15, 0.2) is 24.3 Å². The summed E-state index contributed by atoms with van der Waals surface area (Å²) >= 11 is 0. The third-order valence-corrected chi connectivity index (χ3v) is 5.98. The Balaban J connectivity index is 1.61. The van der Waals surface area contributed by atoms with Gasteiger partial charge in [-0.05, 0) is 37.5 Å². The van der Waals surface area contributed by atoms with Crippen LogP contribution in [0.3, 0.4) is 0 Å². The Morgan fingerprint density at radius 1 is 1.14 bits per heavy atom. The highest BCUT2D eigenvalue weighted by Gasteiger charge is 2.37. The minimum atomic E-state index is -0.889. The number of rotatable bonds is 4. The molecule has 7 nitrogen and oxygen atoms in total. The maximum absolute atomic E-state index is 11.7. The zero-order valence-corrected chi connectivity index (χ0v) is 16.8. The predicted octanol–water partition coefficient (Wildman–Crippen LogP) is 1.19. The molecule has 0 bridgehead atoms. The van der Waals surface area contributed by atoms with Crippen LogP contribution in [0.1, 0.15) is 25.3 Å². The Morgan fingerprint density at radius 3 is 2.46 bits per heavy atom. The number of nitrogens with zero attached hydrogens (tertiary/aromatic N) is 3. The van der Waals surface area contributed by atoms with Crippen molar-refractivity contribution in [1.29, 1.82) is 0 Å². The van der Waals surface area contributed by atoms with E-state index in [-0.39, 0.29) is 12.5 Å². The van der Waals surface area contributed by atoms with Gasteiger partial charge in [-0.15, -0.1) is 0 Å². The molecule has 1 amide bonds. The van der Waals surface area contributed by atoms with Crippen molar-refractivity contribution in [2.75, 3.05) is 50.7 Å². The fourth-order valence-electron chi connectivity index (χ4n) is 4.25. The van der Waals surface area contributed by atoms with E-state index in [0.717, 1.165) is 13.1 Å². The van der Waals surface area contributed by atoms with E-state index in [9.17, 15) is 19.8 Å². The van der Waals surface area contributed by atoms with E-state index in [1.165, 1.54) is 18.2 Å². The average molecular weight is 389 g/mol. The van der Waals surface area contributed by atoms with Gasteiger partial charge in [-0.2, -0.15) is 0 Å². The Labute approximate surface area is 166 Å². The lowest BCUT2D eigenvalue weighted by Gasteiger charge is -2.42. The van der Waals surface area contributed by atoms with Gasteiger partial charge in [-0.25, -0.2) is 0 Å². The summed E-state index contributed by atoms with van der Waals surface area (Å²) in [4.78, 5) is 29.2. The molecular formula is C21H31N3O4. The molecule has 7 heteroatoms. The van der Waals surface area contributed by atoms with Crippen molar-refractivity contribution in [3.63, 3.8) is 0 Å². The van der Waals surface area contributed by atoms with E-state index in [4.69, 9.17) is 0 Å². The normalized spacial score (nSPS) is 23.3. The van der Waals surface area contributed by atoms with Crippen LogP contribution in [0.2, 0.25) is 0 Å². The minimum absolute atomic E-state index is 0.0988. The number of aliphatic hydroxyl groups is 1. The first-order valence-corrected chi connectivity index (χ1v) is 10.0. The monoisotopic (exact) mass is 389 g/mol. The predicted molar refractivity (Wildman–Crippen MR) is 107 cm³/mol. The number of hydrogen-bond donors (Lipinski definition) is 2. The summed E-state index contributed by atoms with van der Waals surface area (Å²) in [5.41, 5.74) is 1.58. The van der Waals surface area contributed by atoms with E-state index in [2.05, 4.69) is 36.1 Å². The molecule has 2 heterocycles. The highest BCUT2D eigenvalue weighted by molar-refractivity contribution is 5.75. The second-order valence-corrected chi connectivity index (χ2v) is 8.29. The van der Waals surface area contributed by atoms with E-state index in [0.29, 0.717) is 39.0 Å². The van der Waals surface area contributed by atoms with E-state index >= 15 is 0 Å². The lowest BCUT2D eigenvalue weighted by Crippen LogP contribution is -2.52. The van der Waals surface area contributed by atoms with Crippen molar-refractivity contribution in [3.05, 3.63) is 29.8 Å². The zero-order chi connectivity index (χ0) is 20.3. The molecule has 154 valence electrons. The molecule has 3 rings (SSSR count). The summed E-state index contributed by atoms with van der Waals surface area (Å²) < 4.78 is 0. The molecule has 1 unspecified atom stereocenters. The first-order chi connectivity index (χ1) is 13.3. The van der Waals surface area contributed by atoms with E-state index in [1.54, 1.807) is 4.90 Å². The van der Waals surface area contributed by atoms with Crippen LogP contribution < -0.4 is 4.90 Å². The maximum Gasteiger partial charge on any atom is 0.309 e. The molecule has 1 aromatic rings. The summed E-state index contributed by atoms with van der Waals surface area (Å²) in [5.74, 6) is -1.61. The molecule has 1 atom stereocenters. The largest absolute Gasteiger partial charge is 0.481 e. The molecule has 0 saturated carbocycles. The number of carbonyl (C=O) groups excluding carboxylic acids is 1. The molecule has 2 aliphatic rings. The minimum Gasteiger partial charge on any atom is -0.481 e. The second-order valence-electron chi connectivity index (χ2n) is 8.29. The number of carboxylic acid groups (broad SMARTS) is 1. The van der Waals surface area contributed by atoms with E-state index < -0.39 is 17.5 Å². The van der Waals surface area contributed by atoms with Crippen molar-refractivity contribution >= 4 is 17.6 Å². The van der Waals surface area contributed by atoms with Crippen molar-refractivity contribution in [3.8, 4) is 0 Å². The Kier molecular flexibility index (Phi) is 6.25.